The minimum atomic E-state index is -0.267. The van der Waals surface area contributed by atoms with Gasteiger partial charge in [0.15, 0.2) is 0 Å². The maximum absolute atomic E-state index is 13.1. The highest BCUT2D eigenvalue weighted by Gasteiger charge is 2.36. The molecule has 1 aliphatic heterocycles. The lowest BCUT2D eigenvalue weighted by molar-refractivity contribution is -0.122. The molecule has 132 valence electrons. The van der Waals surface area contributed by atoms with E-state index >= 15 is 0 Å². The monoisotopic (exact) mass is 367 g/mol. The molecule has 5 nitrogen and oxygen atoms in total. The zero-order valence-electron chi connectivity index (χ0n) is 14.1. The Labute approximate surface area is 156 Å². The average Bonchev–Trinajstić information content (AvgIpc) is 3.04. The van der Waals surface area contributed by atoms with E-state index in [1.165, 1.54) is 0 Å². The van der Waals surface area contributed by atoms with E-state index in [2.05, 4.69) is 5.32 Å². The van der Waals surface area contributed by atoms with Crippen molar-refractivity contribution in [3.05, 3.63) is 53.6 Å². The third-order valence-corrected chi connectivity index (χ3v) is 4.97. The van der Waals surface area contributed by atoms with Crippen LogP contribution in [0, 0.1) is 5.92 Å². The Balaban J connectivity index is 1.61. The second-order valence-electron chi connectivity index (χ2n) is 6.52. The standard InChI is InChI=1S/C20H18ClN3O2/c21-13-5-3-6-14(11-13)22-19(25)12-24-18-10-2-1-8-17(18)23-16-9-4-7-15(16)20(24)26/h1-3,5-6,8,10-11,15H,4,7,9,12H2,(H,22,25). The summed E-state index contributed by atoms with van der Waals surface area (Å²) in [4.78, 5) is 31.9. The fraction of sp³-hybridized carbons (Fsp3) is 0.250. The number of aliphatic imine (C=N–C) groups is 1. The van der Waals surface area contributed by atoms with Crippen LogP contribution in [0.5, 0.6) is 0 Å². The SMILES string of the molecule is O=C(CN1C(=O)C2CCCC2=Nc2ccccc21)Nc1cccc(Cl)c1. The zero-order chi connectivity index (χ0) is 18.1. The number of rotatable bonds is 3. The minimum Gasteiger partial charge on any atom is -0.324 e. The highest BCUT2D eigenvalue weighted by Crippen LogP contribution is 2.37. The van der Waals surface area contributed by atoms with E-state index in [0.717, 1.165) is 30.7 Å². The molecule has 2 aromatic carbocycles. The van der Waals surface area contributed by atoms with E-state index in [9.17, 15) is 9.59 Å². The predicted octanol–water partition coefficient (Wildman–Crippen LogP) is 4.20. The fourth-order valence-corrected chi connectivity index (χ4v) is 3.74. The van der Waals surface area contributed by atoms with Gasteiger partial charge in [0, 0.05) is 16.4 Å². The summed E-state index contributed by atoms with van der Waals surface area (Å²) in [7, 11) is 0. The van der Waals surface area contributed by atoms with Gasteiger partial charge in [-0.3, -0.25) is 14.6 Å². The molecule has 0 aromatic heterocycles. The van der Waals surface area contributed by atoms with Gasteiger partial charge in [-0.25, -0.2) is 0 Å². The Morgan fingerprint density at radius 2 is 2.08 bits per heavy atom. The van der Waals surface area contributed by atoms with Crippen LogP contribution in [0.3, 0.4) is 0 Å². The second-order valence-corrected chi connectivity index (χ2v) is 6.96. The molecule has 1 atom stereocenters. The number of anilines is 2. The second kappa shape index (κ2) is 6.92. The molecule has 1 fully saturated rings. The van der Waals surface area contributed by atoms with Crippen LogP contribution in [0.25, 0.3) is 0 Å². The summed E-state index contributed by atoms with van der Waals surface area (Å²) < 4.78 is 0. The van der Waals surface area contributed by atoms with Gasteiger partial charge in [-0.2, -0.15) is 0 Å². The van der Waals surface area contributed by atoms with Gasteiger partial charge < -0.3 is 10.2 Å². The Morgan fingerprint density at radius 3 is 2.92 bits per heavy atom. The molecule has 4 rings (SSSR count). The van der Waals surface area contributed by atoms with E-state index < -0.39 is 0 Å². The lowest BCUT2D eigenvalue weighted by Gasteiger charge is -2.24. The molecule has 0 spiro atoms. The first kappa shape index (κ1) is 16.8. The number of hydrogen-bond donors (Lipinski definition) is 1. The summed E-state index contributed by atoms with van der Waals surface area (Å²) in [6, 6.07) is 14.4. The molecule has 2 aliphatic rings. The maximum atomic E-state index is 13.1. The molecule has 1 N–H and O–H groups in total. The van der Waals surface area contributed by atoms with Gasteiger partial charge in [-0.15, -0.1) is 0 Å². The van der Waals surface area contributed by atoms with Gasteiger partial charge >= 0.3 is 0 Å². The highest BCUT2D eigenvalue weighted by molar-refractivity contribution is 6.31. The van der Waals surface area contributed by atoms with Crippen LogP contribution in [0.2, 0.25) is 5.02 Å². The largest absolute Gasteiger partial charge is 0.324 e. The molecular weight excluding hydrogens is 350 g/mol. The third-order valence-electron chi connectivity index (χ3n) is 4.74. The molecular formula is C20H18ClN3O2. The number of nitrogens with zero attached hydrogens (tertiary/aromatic N) is 2. The quantitative estimate of drug-likeness (QED) is 0.883. The number of nitrogens with one attached hydrogen (secondary N) is 1. The van der Waals surface area contributed by atoms with Crippen molar-refractivity contribution in [1.29, 1.82) is 0 Å². The third kappa shape index (κ3) is 3.22. The molecule has 1 heterocycles. The van der Waals surface area contributed by atoms with Crippen LogP contribution in [0.15, 0.2) is 53.5 Å². The van der Waals surface area contributed by atoms with E-state index in [0.29, 0.717) is 16.4 Å². The number of amides is 2. The fourth-order valence-electron chi connectivity index (χ4n) is 3.55. The van der Waals surface area contributed by atoms with Gasteiger partial charge in [0.1, 0.15) is 6.54 Å². The summed E-state index contributed by atoms with van der Waals surface area (Å²) in [5.41, 5.74) is 2.97. The average molecular weight is 368 g/mol. The van der Waals surface area contributed by atoms with Crippen molar-refractivity contribution in [3.63, 3.8) is 0 Å². The van der Waals surface area contributed by atoms with Gasteiger partial charge in [0.05, 0.1) is 17.3 Å². The molecule has 2 amide bonds. The smallest absolute Gasteiger partial charge is 0.244 e. The summed E-state index contributed by atoms with van der Waals surface area (Å²) in [5.74, 6) is -0.536. The van der Waals surface area contributed by atoms with Crippen LogP contribution in [0.4, 0.5) is 17.1 Å². The van der Waals surface area contributed by atoms with E-state index in [1.54, 1.807) is 29.2 Å². The zero-order valence-corrected chi connectivity index (χ0v) is 14.9. The normalized spacial score (nSPS) is 18.7. The molecule has 1 saturated carbocycles. The number of carbonyl (C=O) groups excluding carboxylic acids is 2. The van der Waals surface area contributed by atoms with Crippen molar-refractivity contribution >= 4 is 46.2 Å². The Bertz CT molecular complexity index is 909. The lowest BCUT2D eigenvalue weighted by atomic mass is 10.1. The Kier molecular flexibility index (Phi) is 4.47. The molecule has 26 heavy (non-hydrogen) atoms. The van der Waals surface area contributed by atoms with Crippen molar-refractivity contribution < 1.29 is 9.59 Å². The van der Waals surface area contributed by atoms with Crippen molar-refractivity contribution in [2.45, 2.75) is 19.3 Å². The summed E-state index contributed by atoms with van der Waals surface area (Å²) in [6.45, 7) is -0.0539. The van der Waals surface area contributed by atoms with E-state index in [-0.39, 0.29) is 24.3 Å². The number of benzene rings is 2. The Morgan fingerprint density at radius 1 is 1.23 bits per heavy atom. The maximum Gasteiger partial charge on any atom is 0.244 e. The Hall–Kier alpha value is -2.66. The van der Waals surface area contributed by atoms with Crippen molar-refractivity contribution in [2.24, 2.45) is 10.9 Å². The van der Waals surface area contributed by atoms with Gasteiger partial charge in [-0.1, -0.05) is 29.8 Å². The van der Waals surface area contributed by atoms with Crippen molar-refractivity contribution in [1.82, 2.24) is 0 Å². The van der Waals surface area contributed by atoms with E-state index in [1.807, 2.05) is 24.3 Å². The number of carbonyl (C=O) groups is 2. The minimum absolute atomic E-state index is 0.0487. The van der Waals surface area contributed by atoms with Gasteiger partial charge in [0.2, 0.25) is 11.8 Å². The first-order valence-corrected chi connectivity index (χ1v) is 9.03. The number of fused-ring (bicyclic) bond motifs is 2. The summed E-state index contributed by atoms with van der Waals surface area (Å²) >= 11 is 5.96. The first-order chi connectivity index (χ1) is 12.6. The molecule has 2 aromatic rings. The number of hydrogen-bond acceptors (Lipinski definition) is 3. The molecule has 0 saturated heterocycles. The molecule has 1 aliphatic carbocycles. The highest BCUT2D eigenvalue weighted by atomic mass is 35.5. The van der Waals surface area contributed by atoms with Gasteiger partial charge in [0.25, 0.3) is 0 Å². The van der Waals surface area contributed by atoms with Crippen LogP contribution in [-0.2, 0) is 9.59 Å². The molecule has 0 bridgehead atoms. The lowest BCUT2D eigenvalue weighted by Crippen LogP contribution is -2.41. The van der Waals surface area contributed by atoms with Crippen molar-refractivity contribution in [3.8, 4) is 0 Å². The van der Waals surface area contributed by atoms with E-state index in [4.69, 9.17) is 16.6 Å². The number of halogens is 1. The first-order valence-electron chi connectivity index (χ1n) is 8.65. The molecule has 6 heteroatoms. The van der Waals surface area contributed by atoms with Crippen LogP contribution in [-0.4, -0.2) is 24.1 Å². The number of para-hydroxylation sites is 2. The summed E-state index contributed by atoms with van der Waals surface area (Å²) in [6.07, 6.45) is 2.59. The topological polar surface area (TPSA) is 61.8 Å². The molecule has 0 radical (unpaired) electrons. The predicted molar refractivity (Wildman–Crippen MR) is 103 cm³/mol. The summed E-state index contributed by atoms with van der Waals surface area (Å²) in [5, 5.41) is 3.35. The van der Waals surface area contributed by atoms with Gasteiger partial charge in [-0.05, 0) is 49.6 Å². The van der Waals surface area contributed by atoms with Crippen LogP contribution < -0.4 is 10.2 Å². The van der Waals surface area contributed by atoms with Crippen LogP contribution >= 0.6 is 11.6 Å². The van der Waals surface area contributed by atoms with Crippen molar-refractivity contribution in [2.75, 3.05) is 16.8 Å². The molecule has 1 unspecified atom stereocenters. The van der Waals surface area contributed by atoms with Crippen LogP contribution in [0.1, 0.15) is 19.3 Å².